The summed E-state index contributed by atoms with van der Waals surface area (Å²) >= 11 is 0. The van der Waals surface area contributed by atoms with Gasteiger partial charge in [0, 0.05) is 12.6 Å². The maximum Gasteiger partial charge on any atom is 0.0106 e. The molecule has 1 saturated heterocycles. The molecule has 0 aromatic heterocycles. The Kier molecular flexibility index (Phi) is 3.86. The van der Waals surface area contributed by atoms with Gasteiger partial charge in [-0.3, -0.25) is 0 Å². The van der Waals surface area contributed by atoms with Crippen molar-refractivity contribution in [3.05, 3.63) is 0 Å². The van der Waals surface area contributed by atoms with E-state index in [0.29, 0.717) is 10.8 Å². The number of rotatable bonds is 1. The van der Waals surface area contributed by atoms with E-state index >= 15 is 0 Å². The van der Waals surface area contributed by atoms with Crippen LogP contribution in [0.3, 0.4) is 0 Å². The second kappa shape index (κ2) is 4.45. The largest absolute Gasteiger partial charge is 0.300 e. The molecule has 2 atom stereocenters. The van der Waals surface area contributed by atoms with Gasteiger partial charge in [-0.15, -0.1) is 0 Å². The monoisotopic (exact) mass is 211 g/mol. The van der Waals surface area contributed by atoms with Crippen LogP contribution in [-0.4, -0.2) is 24.0 Å². The molecule has 1 aliphatic carbocycles. The third-order valence-electron chi connectivity index (χ3n) is 3.93. The van der Waals surface area contributed by atoms with Crippen molar-refractivity contribution in [1.29, 1.82) is 0 Å². The second-order valence-electron chi connectivity index (χ2n) is 6.28. The van der Waals surface area contributed by atoms with Crippen molar-refractivity contribution < 1.29 is 0 Å². The van der Waals surface area contributed by atoms with Crippen LogP contribution in [0.1, 0.15) is 60.8 Å². The van der Waals surface area contributed by atoms with Crippen LogP contribution >= 0.6 is 0 Å². The minimum Gasteiger partial charge on any atom is -0.300 e. The van der Waals surface area contributed by atoms with E-state index in [0.717, 1.165) is 6.04 Å². The molecule has 2 fully saturated rings. The third-order valence-corrected chi connectivity index (χ3v) is 3.93. The molecule has 0 radical (unpaired) electrons. The van der Waals surface area contributed by atoms with E-state index in [4.69, 9.17) is 0 Å². The first-order valence-electron chi connectivity index (χ1n) is 6.68. The summed E-state index contributed by atoms with van der Waals surface area (Å²) in [6, 6.07) is 0.888. The maximum atomic E-state index is 2.69. The fourth-order valence-corrected chi connectivity index (χ4v) is 3.95. The lowest BCUT2D eigenvalue weighted by molar-refractivity contribution is 0.128. The first kappa shape index (κ1) is 13.0. The summed E-state index contributed by atoms with van der Waals surface area (Å²) in [5.74, 6) is 0. The number of hydrogen-bond donors (Lipinski definition) is 0. The average Bonchev–Trinajstić information content (AvgIpc) is 2.38. The molecule has 0 aromatic rings. The molecule has 0 amide bonds. The van der Waals surface area contributed by atoms with Crippen LogP contribution in [0.25, 0.3) is 0 Å². The van der Waals surface area contributed by atoms with E-state index in [1.54, 1.807) is 0 Å². The Morgan fingerprint density at radius 1 is 1.13 bits per heavy atom. The average molecular weight is 211 g/mol. The molecular formula is C14H29N. The first-order chi connectivity index (χ1) is 6.94. The molecule has 90 valence electrons. The smallest absolute Gasteiger partial charge is 0.0106 e. The SMILES string of the molecule is CC.CCN1CC2(C)CC1CC(C)(C)C2. The fraction of sp³-hybridized carbons (Fsp3) is 1.00. The van der Waals surface area contributed by atoms with Crippen LogP contribution in [0.15, 0.2) is 0 Å². The highest BCUT2D eigenvalue weighted by Crippen LogP contribution is 2.52. The van der Waals surface area contributed by atoms with Gasteiger partial charge in [-0.1, -0.05) is 41.5 Å². The topological polar surface area (TPSA) is 3.24 Å². The lowest BCUT2D eigenvalue weighted by Gasteiger charge is -2.39. The van der Waals surface area contributed by atoms with Crippen molar-refractivity contribution in [2.75, 3.05) is 13.1 Å². The third kappa shape index (κ3) is 2.75. The lowest BCUT2D eigenvalue weighted by Crippen LogP contribution is -2.34. The van der Waals surface area contributed by atoms with Crippen LogP contribution in [0.5, 0.6) is 0 Å². The number of likely N-dealkylation sites (tertiary alicyclic amines) is 1. The Morgan fingerprint density at radius 3 is 2.27 bits per heavy atom. The van der Waals surface area contributed by atoms with Gasteiger partial charge in [0.1, 0.15) is 0 Å². The zero-order valence-corrected chi connectivity index (χ0v) is 11.6. The zero-order chi connectivity index (χ0) is 11.7. The Labute approximate surface area is 96.2 Å². The van der Waals surface area contributed by atoms with Crippen molar-refractivity contribution in [2.45, 2.75) is 66.8 Å². The summed E-state index contributed by atoms with van der Waals surface area (Å²) in [5.41, 5.74) is 1.21. The van der Waals surface area contributed by atoms with Gasteiger partial charge in [0.05, 0.1) is 0 Å². The van der Waals surface area contributed by atoms with Crippen LogP contribution < -0.4 is 0 Å². The molecule has 0 spiro atoms. The summed E-state index contributed by atoms with van der Waals surface area (Å²) in [6.07, 6.45) is 4.29. The summed E-state index contributed by atoms with van der Waals surface area (Å²) in [7, 11) is 0. The fourth-order valence-electron chi connectivity index (χ4n) is 3.95. The molecule has 0 N–H and O–H groups in total. The number of nitrogens with zero attached hydrogens (tertiary/aromatic N) is 1. The van der Waals surface area contributed by atoms with Crippen LogP contribution in [0.2, 0.25) is 0 Å². The molecule has 15 heavy (non-hydrogen) atoms. The van der Waals surface area contributed by atoms with Crippen LogP contribution in [0.4, 0.5) is 0 Å². The van der Waals surface area contributed by atoms with Crippen molar-refractivity contribution in [3.8, 4) is 0 Å². The van der Waals surface area contributed by atoms with E-state index in [1.807, 2.05) is 13.8 Å². The van der Waals surface area contributed by atoms with Crippen LogP contribution in [-0.2, 0) is 0 Å². The molecule has 2 unspecified atom stereocenters. The molecule has 1 saturated carbocycles. The Balaban J connectivity index is 0.000000531. The lowest BCUT2D eigenvalue weighted by atomic mass is 9.65. The Bertz CT molecular complexity index is 209. The molecule has 2 aliphatic rings. The van der Waals surface area contributed by atoms with Gasteiger partial charge in [0.25, 0.3) is 0 Å². The Morgan fingerprint density at radius 2 is 1.73 bits per heavy atom. The van der Waals surface area contributed by atoms with Gasteiger partial charge in [0.2, 0.25) is 0 Å². The highest BCUT2D eigenvalue weighted by molar-refractivity contribution is 5.02. The first-order valence-corrected chi connectivity index (χ1v) is 6.68. The minimum absolute atomic E-state index is 0.585. The van der Waals surface area contributed by atoms with E-state index in [-0.39, 0.29) is 0 Å². The van der Waals surface area contributed by atoms with Gasteiger partial charge in [-0.25, -0.2) is 0 Å². The molecule has 0 aromatic carbocycles. The summed E-state index contributed by atoms with van der Waals surface area (Å²) in [4.78, 5) is 2.69. The van der Waals surface area contributed by atoms with Gasteiger partial charge in [-0.05, 0) is 36.6 Å². The normalized spacial score (nSPS) is 38.4. The van der Waals surface area contributed by atoms with E-state index in [9.17, 15) is 0 Å². The zero-order valence-electron chi connectivity index (χ0n) is 11.6. The van der Waals surface area contributed by atoms with Crippen molar-refractivity contribution in [2.24, 2.45) is 10.8 Å². The molecule has 1 nitrogen and oxygen atoms in total. The quantitative estimate of drug-likeness (QED) is 0.635. The molecule has 1 aliphatic heterocycles. The van der Waals surface area contributed by atoms with E-state index in [1.165, 1.54) is 32.4 Å². The van der Waals surface area contributed by atoms with E-state index in [2.05, 4.69) is 32.6 Å². The molecule has 1 heterocycles. The van der Waals surface area contributed by atoms with Crippen molar-refractivity contribution >= 4 is 0 Å². The standard InChI is InChI=1S/C12H23N.C2H6/c1-5-13-9-12(4)7-10(13)6-11(2,3)8-12;1-2/h10H,5-9H2,1-4H3;1-2H3. The minimum atomic E-state index is 0.585. The maximum absolute atomic E-state index is 2.69. The predicted molar refractivity (Wildman–Crippen MR) is 68.1 cm³/mol. The van der Waals surface area contributed by atoms with E-state index < -0.39 is 0 Å². The highest BCUT2D eigenvalue weighted by Gasteiger charge is 2.48. The highest BCUT2D eigenvalue weighted by atomic mass is 15.2. The van der Waals surface area contributed by atoms with Crippen molar-refractivity contribution in [3.63, 3.8) is 0 Å². The Hall–Kier alpha value is -0.0400. The van der Waals surface area contributed by atoms with Crippen molar-refractivity contribution in [1.82, 2.24) is 4.90 Å². The van der Waals surface area contributed by atoms with Gasteiger partial charge in [-0.2, -0.15) is 0 Å². The second-order valence-corrected chi connectivity index (χ2v) is 6.28. The number of hydrogen-bond acceptors (Lipinski definition) is 1. The molecule has 1 heteroatoms. The molecule has 2 rings (SSSR count). The molecular weight excluding hydrogens is 182 g/mol. The number of fused-ring (bicyclic) bond motifs is 2. The van der Waals surface area contributed by atoms with Gasteiger partial charge >= 0.3 is 0 Å². The van der Waals surface area contributed by atoms with Crippen LogP contribution in [0, 0.1) is 10.8 Å². The predicted octanol–water partition coefficient (Wildman–Crippen LogP) is 3.93. The summed E-state index contributed by atoms with van der Waals surface area (Å²) < 4.78 is 0. The van der Waals surface area contributed by atoms with Gasteiger partial charge in [0.15, 0.2) is 0 Å². The molecule has 2 bridgehead atoms. The summed E-state index contributed by atoms with van der Waals surface area (Å²) in [5, 5.41) is 0. The summed E-state index contributed by atoms with van der Waals surface area (Å²) in [6.45, 7) is 16.3. The van der Waals surface area contributed by atoms with Gasteiger partial charge < -0.3 is 4.90 Å².